The lowest BCUT2D eigenvalue weighted by Gasteiger charge is -2.33. The number of rotatable bonds is 6. The summed E-state index contributed by atoms with van der Waals surface area (Å²) in [6.45, 7) is 4.50. The molecule has 7 heteroatoms. The summed E-state index contributed by atoms with van der Waals surface area (Å²) in [7, 11) is 0. The summed E-state index contributed by atoms with van der Waals surface area (Å²) in [4.78, 5) is 28.6. The molecule has 1 aromatic rings. The Labute approximate surface area is 164 Å². The van der Waals surface area contributed by atoms with Crippen LogP contribution in [0.2, 0.25) is 5.02 Å². The quantitative estimate of drug-likeness (QED) is 0.805. The molecule has 0 aromatic heterocycles. The lowest BCUT2D eigenvalue weighted by molar-refractivity contribution is -0.132. The lowest BCUT2D eigenvalue weighted by Crippen LogP contribution is -2.45. The molecule has 0 aliphatic carbocycles. The van der Waals surface area contributed by atoms with Crippen molar-refractivity contribution in [3.8, 4) is 0 Å². The summed E-state index contributed by atoms with van der Waals surface area (Å²) in [6, 6.07) is 4.42. The number of nitrogens with one attached hydrogen (secondary N) is 1. The molecule has 2 aliphatic rings. The summed E-state index contributed by atoms with van der Waals surface area (Å²) >= 11 is 5.98. The molecule has 27 heavy (non-hydrogen) atoms. The normalized spacial score (nSPS) is 20.7. The van der Waals surface area contributed by atoms with Crippen LogP contribution in [0.25, 0.3) is 0 Å². The van der Waals surface area contributed by atoms with Gasteiger partial charge in [0.25, 0.3) is 0 Å². The van der Waals surface area contributed by atoms with Gasteiger partial charge in [-0.1, -0.05) is 17.7 Å². The highest BCUT2D eigenvalue weighted by Crippen LogP contribution is 2.20. The third-order valence-corrected chi connectivity index (χ3v) is 5.76. The molecule has 2 amide bonds. The molecule has 0 radical (unpaired) electrons. The minimum absolute atomic E-state index is 0.0601. The topological polar surface area (TPSA) is 52.7 Å². The fraction of sp³-hybridized carbons (Fsp3) is 0.600. The van der Waals surface area contributed by atoms with Crippen molar-refractivity contribution in [1.82, 2.24) is 15.1 Å². The van der Waals surface area contributed by atoms with Crippen LogP contribution < -0.4 is 5.32 Å². The monoisotopic (exact) mass is 395 g/mol. The number of carbonyl (C=O) groups is 2. The zero-order valence-electron chi connectivity index (χ0n) is 15.6. The molecule has 0 bridgehead atoms. The third kappa shape index (κ3) is 5.66. The summed E-state index contributed by atoms with van der Waals surface area (Å²) in [6.07, 6.45) is 4.19. The van der Waals surface area contributed by atoms with Crippen molar-refractivity contribution in [2.24, 2.45) is 5.92 Å². The van der Waals surface area contributed by atoms with E-state index >= 15 is 0 Å². The zero-order valence-corrected chi connectivity index (χ0v) is 16.3. The second kappa shape index (κ2) is 9.51. The van der Waals surface area contributed by atoms with Crippen molar-refractivity contribution in [1.29, 1.82) is 0 Å². The van der Waals surface area contributed by atoms with Crippen molar-refractivity contribution in [2.75, 3.05) is 39.3 Å². The predicted octanol–water partition coefficient (Wildman–Crippen LogP) is 2.47. The highest BCUT2D eigenvalue weighted by atomic mass is 35.5. The number of hydrogen-bond donors (Lipinski definition) is 1. The molecular formula is C20H27ClFN3O2. The molecule has 1 aromatic carbocycles. The smallest absolute Gasteiger partial charge is 0.236 e. The van der Waals surface area contributed by atoms with Crippen molar-refractivity contribution >= 4 is 23.4 Å². The van der Waals surface area contributed by atoms with Crippen molar-refractivity contribution < 1.29 is 14.0 Å². The molecule has 5 nitrogen and oxygen atoms in total. The second-order valence-electron chi connectivity index (χ2n) is 7.51. The van der Waals surface area contributed by atoms with E-state index in [9.17, 15) is 14.0 Å². The van der Waals surface area contributed by atoms with E-state index < -0.39 is 5.82 Å². The first-order chi connectivity index (χ1) is 13.0. The van der Waals surface area contributed by atoms with Crippen LogP contribution in [-0.2, 0) is 16.0 Å². The Balaban J connectivity index is 1.43. The van der Waals surface area contributed by atoms with E-state index in [2.05, 4.69) is 10.2 Å². The number of nitrogens with zero attached hydrogens (tertiary/aromatic N) is 2. The number of likely N-dealkylation sites (tertiary alicyclic amines) is 2. The van der Waals surface area contributed by atoms with Gasteiger partial charge < -0.3 is 10.2 Å². The molecule has 3 rings (SSSR count). The van der Waals surface area contributed by atoms with Gasteiger partial charge in [0.2, 0.25) is 11.8 Å². The Bertz CT molecular complexity index is 659. The fourth-order valence-electron chi connectivity index (χ4n) is 3.90. The van der Waals surface area contributed by atoms with E-state index in [0.717, 1.165) is 51.9 Å². The average molecular weight is 396 g/mol. The number of carbonyl (C=O) groups excluding carboxylic acids is 2. The predicted molar refractivity (Wildman–Crippen MR) is 103 cm³/mol. The summed E-state index contributed by atoms with van der Waals surface area (Å²) < 4.78 is 13.8. The van der Waals surface area contributed by atoms with Gasteiger partial charge in [0.15, 0.2) is 0 Å². The highest BCUT2D eigenvalue weighted by Gasteiger charge is 2.25. The third-order valence-electron chi connectivity index (χ3n) is 5.41. The van der Waals surface area contributed by atoms with Crippen LogP contribution in [0.3, 0.4) is 0 Å². The molecule has 2 fully saturated rings. The molecule has 1 unspecified atom stereocenters. The van der Waals surface area contributed by atoms with E-state index in [-0.39, 0.29) is 28.8 Å². The Morgan fingerprint density at radius 1 is 1.19 bits per heavy atom. The summed E-state index contributed by atoms with van der Waals surface area (Å²) in [5.74, 6) is -0.161. The first-order valence-electron chi connectivity index (χ1n) is 9.72. The van der Waals surface area contributed by atoms with Crippen LogP contribution in [0.15, 0.2) is 18.2 Å². The van der Waals surface area contributed by atoms with E-state index in [1.807, 2.05) is 4.90 Å². The minimum Gasteiger partial charge on any atom is -0.355 e. The molecule has 1 N–H and O–H groups in total. The Morgan fingerprint density at radius 3 is 2.70 bits per heavy atom. The van der Waals surface area contributed by atoms with Crippen LogP contribution >= 0.6 is 11.6 Å². The van der Waals surface area contributed by atoms with E-state index in [4.69, 9.17) is 11.6 Å². The molecule has 0 spiro atoms. The van der Waals surface area contributed by atoms with Crippen LogP contribution in [0.5, 0.6) is 0 Å². The van der Waals surface area contributed by atoms with Crippen molar-refractivity contribution in [2.45, 2.75) is 32.1 Å². The molecule has 2 aliphatic heterocycles. The van der Waals surface area contributed by atoms with Crippen LogP contribution in [0, 0.1) is 11.7 Å². The first kappa shape index (κ1) is 20.1. The van der Waals surface area contributed by atoms with Gasteiger partial charge in [-0.15, -0.1) is 0 Å². The Kier molecular flexibility index (Phi) is 7.07. The van der Waals surface area contributed by atoms with Gasteiger partial charge >= 0.3 is 0 Å². The van der Waals surface area contributed by atoms with Crippen LogP contribution in [0.4, 0.5) is 4.39 Å². The maximum Gasteiger partial charge on any atom is 0.236 e. The largest absolute Gasteiger partial charge is 0.355 e. The van der Waals surface area contributed by atoms with Gasteiger partial charge in [0.1, 0.15) is 5.82 Å². The molecule has 2 heterocycles. The summed E-state index contributed by atoms with van der Waals surface area (Å²) in [5, 5.41) is 3.17. The van der Waals surface area contributed by atoms with E-state index in [1.165, 1.54) is 12.1 Å². The van der Waals surface area contributed by atoms with Gasteiger partial charge in [0.05, 0.1) is 13.0 Å². The molecular weight excluding hydrogens is 369 g/mol. The van der Waals surface area contributed by atoms with E-state index in [1.54, 1.807) is 6.07 Å². The number of halogens is 2. The Hall–Kier alpha value is -1.66. The maximum atomic E-state index is 13.8. The fourth-order valence-corrected chi connectivity index (χ4v) is 4.13. The maximum absolute atomic E-state index is 13.8. The summed E-state index contributed by atoms with van der Waals surface area (Å²) in [5.41, 5.74) is 0.234. The molecule has 148 valence electrons. The highest BCUT2D eigenvalue weighted by molar-refractivity contribution is 6.31. The second-order valence-corrected chi connectivity index (χ2v) is 7.92. The number of amides is 2. The van der Waals surface area contributed by atoms with Gasteiger partial charge in [-0.3, -0.25) is 14.5 Å². The van der Waals surface area contributed by atoms with Gasteiger partial charge in [-0.25, -0.2) is 4.39 Å². The van der Waals surface area contributed by atoms with Gasteiger partial charge in [0, 0.05) is 36.8 Å². The van der Waals surface area contributed by atoms with Crippen molar-refractivity contribution in [3.05, 3.63) is 34.6 Å². The SMILES string of the molecule is O=C(Cc1c(F)cccc1Cl)NCC1CCCN(CC(=O)N2CCCC2)C1. The molecule has 0 saturated carbocycles. The zero-order chi connectivity index (χ0) is 19.2. The van der Waals surface area contributed by atoms with E-state index in [0.29, 0.717) is 19.0 Å². The minimum atomic E-state index is -0.457. The number of hydrogen-bond acceptors (Lipinski definition) is 3. The average Bonchev–Trinajstić information content (AvgIpc) is 3.18. The van der Waals surface area contributed by atoms with Crippen molar-refractivity contribution in [3.63, 3.8) is 0 Å². The number of benzene rings is 1. The number of piperidine rings is 1. The van der Waals surface area contributed by atoms with Gasteiger partial charge in [-0.2, -0.15) is 0 Å². The molecule has 2 saturated heterocycles. The van der Waals surface area contributed by atoms with Crippen LogP contribution in [-0.4, -0.2) is 60.9 Å². The first-order valence-corrected chi connectivity index (χ1v) is 10.1. The lowest BCUT2D eigenvalue weighted by atomic mass is 9.98. The van der Waals surface area contributed by atoms with Crippen LogP contribution in [0.1, 0.15) is 31.2 Å². The standard InChI is InChI=1S/C20H27ClFN3O2/c21-17-6-3-7-18(22)16(17)11-19(26)23-12-15-5-4-8-24(13-15)14-20(27)25-9-1-2-10-25/h3,6-7,15H,1-2,4-5,8-14H2,(H,23,26). The van der Waals surface area contributed by atoms with Gasteiger partial charge in [-0.05, 0) is 50.3 Å². The Morgan fingerprint density at radius 2 is 1.96 bits per heavy atom. The molecule has 1 atom stereocenters.